The maximum atomic E-state index is 11.5. The molecule has 5 heteroatoms. The molecule has 92 valence electrons. The minimum absolute atomic E-state index is 0.235. The fourth-order valence-corrected chi connectivity index (χ4v) is 1.63. The van der Waals surface area contributed by atoms with Crippen LogP contribution in [0.25, 0.3) is 0 Å². The SMILES string of the molecule is COc1cc(CC(=O)O)c(C(C)=O)c(OC)c1. The van der Waals surface area contributed by atoms with Crippen LogP contribution < -0.4 is 9.47 Å². The highest BCUT2D eigenvalue weighted by molar-refractivity contribution is 5.99. The zero-order valence-electron chi connectivity index (χ0n) is 9.94. The first-order chi connectivity index (χ1) is 7.99. The van der Waals surface area contributed by atoms with Crippen molar-refractivity contribution in [3.63, 3.8) is 0 Å². The Hall–Kier alpha value is -2.04. The number of carboxylic acids is 1. The Morgan fingerprint density at radius 2 is 1.88 bits per heavy atom. The average molecular weight is 238 g/mol. The van der Waals surface area contributed by atoms with Crippen LogP contribution in [0.5, 0.6) is 11.5 Å². The Labute approximate surface area is 99.0 Å². The van der Waals surface area contributed by atoms with Crippen LogP contribution >= 0.6 is 0 Å². The van der Waals surface area contributed by atoms with E-state index in [2.05, 4.69) is 0 Å². The number of carbonyl (C=O) groups is 2. The number of carboxylic acid groups (broad SMARTS) is 1. The molecule has 1 aromatic rings. The fraction of sp³-hybridized carbons (Fsp3) is 0.333. The lowest BCUT2D eigenvalue weighted by Gasteiger charge is -2.12. The summed E-state index contributed by atoms with van der Waals surface area (Å²) in [5.41, 5.74) is 0.678. The lowest BCUT2D eigenvalue weighted by Crippen LogP contribution is -2.08. The maximum absolute atomic E-state index is 11.5. The maximum Gasteiger partial charge on any atom is 0.307 e. The van der Waals surface area contributed by atoms with Gasteiger partial charge in [0.25, 0.3) is 0 Å². The number of rotatable bonds is 5. The molecular weight excluding hydrogens is 224 g/mol. The Morgan fingerprint density at radius 3 is 2.29 bits per heavy atom. The predicted molar refractivity (Wildman–Crippen MR) is 60.9 cm³/mol. The normalized spacial score (nSPS) is 9.82. The summed E-state index contributed by atoms with van der Waals surface area (Å²) in [5.74, 6) is -0.459. The van der Waals surface area contributed by atoms with Gasteiger partial charge in [0.05, 0.1) is 26.2 Å². The standard InChI is InChI=1S/C12H14O5/c1-7(13)12-8(5-11(14)15)4-9(16-2)6-10(12)17-3/h4,6H,5H2,1-3H3,(H,14,15). The molecule has 0 aromatic heterocycles. The summed E-state index contributed by atoms with van der Waals surface area (Å²) in [5, 5.41) is 8.81. The number of aliphatic carboxylic acids is 1. The number of benzene rings is 1. The van der Waals surface area contributed by atoms with Crippen LogP contribution in [0.4, 0.5) is 0 Å². The number of hydrogen-bond acceptors (Lipinski definition) is 4. The second kappa shape index (κ2) is 5.34. The van der Waals surface area contributed by atoms with Crippen LogP contribution in [0.15, 0.2) is 12.1 Å². The zero-order valence-corrected chi connectivity index (χ0v) is 9.94. The van der Waals surface area contributed by atoms with Crippen molar-refractivity contribution in [1.82, 2.24) is 0 Å². The highest BCUT2D eigenvalue weighted by Gasteiger charge is 2.17. The van der Waals surface area contributed by atoms with Gasteiger partial charge in [-0.15, -0.1) is 0 Å². The van der Waals surface area contributed by atoms with E-state index in [1.165, 1.54) is 27.2 Å². The smallest absolute Gasteiger partial charge is 0.307 e. The minimum Gasteiger partial charge on any atom is -0.497 e. The van der Waals surface area contributed by atoms with Crippen LogP contribution in [-0.2, 0) is 11.2 Å². The Bertz CT molecular complexity index is 450. The molecule has 0 spiro atoms. The average Bonchev–Trinajstić information content (AvgIpc) is 2.26. The van der Waals surface area contributed by atoms with Crippen molar-refractivity contribution in [2.75, 3.05) is 14.2 Å². The van der Waals surface area contributed by atoms with Crippen molar-refractivity contribution in [3.05, 3.63) is 23.3 Å². The van der Waals surface area contributed by atoms with Gasteiger partial charge in [-0.25, -0.2) is 0 Å². The Morgan fingerprint density at radius 1 is 1.24 bits per heavy atom. The second-order valence-electron chi connectivity index (χ2n) is 3.49. The lowest BCUT2D eigenvalue weighted by atomic mass is 10.00. The van der Waals surface area contributed by atoms with Crippen molar-refractivity contribution in [2.45, 2.75) is 13.3 Å². The van der Waals surface area contributed by atoms with Gasteiger partial charge >= 0.3 is 5.97 Å². The molecule has 0 aliphatic heterocycles. The third-order valence-corrected chi connectivity index (χ3v) is 2.31. The quantitative estimate of drug-likeness (QED) is 0.787. The van der Waals surface area contributed by atoms with Crippen molar-refractivity contribution in [3.8, 4) is 11.5 Å². The van der Waals surface area contributed by atoms with Gasteiger partial charge in [0.1, 0.15) is 11.5 Å². The van der Waals surface area contributed by atoms with Gasteiger partial charge in [0, 0.05) is 6.07 Å². The largest absolute Gasteiger partial charge is 0.497 e. The monoisotopic (exact) mass is 238 g/mol. The van der Waals surface area contributed by atoms with E-state index < -0.39 is 5.97 Å². The van der Waals surface area contributed by atoms with Crippen molar-refractivity contribution >= 4 is 11.8 Å². The summed E-state index contributed by atoms with van der Waals surface area (Å²) in [7, 11) is 2.89. The number of hydrogen-bond donors (Lipinski definition) is 1. The van der Waals surface area contributed by atoms with Gasteiger partial charge in [-0.3, -0.25) is 9.59 Å². The third kappa shape index (κ3) is 2.96. The van der Waals surface area contributed by atoms with E-state index in [-0.39, 0.29) is 17.8 Å². The van der Waals surface area contributed by atoms with E-state index >= 15 is 0 Å². The van der Waals surface area contributed by atoms with Gasteiger partial charge in [-0.05, 0) is 18.6 Å². The Balaban J connectivity index is 3.40. The number of carbonyl (C=O) groups excluding carboxylic acids is 1. The molecule has 0 fully saturated rings. The molecule has 0 aliphatic rings. The topological polar surface area (TPSA) is 72.8 Å². The summed E-state index contributed by atoms with van der Waals surface area (Å²) in [6.45, 7) is 1.37. The minimum atomic E-state index is -1.01. The molecule has 0 amide bonds. The van der Waals surface area contributed by atoms with Crippen LogP contribution in [0.2, 0.25) is 0 Å². The summed E-state index contributed by atoms with van der Waals surface area (Å²) in [6, 6.07) is 3.09. The molecule has 0 aliphatic carbocycles. The number of ketones is 1. The summed E-state index contributed by atoms with van der Waals surface area (Å²) in [4.78, 5) is 22.3. The van der Waals surface area contributed by atoms with Gasteiger partial charge in [0.15, 0.2) is 5.78 Å². The second-order valence-corrected chi connectivity index (χ2v) is 3.49. The molecule has 0 unspecified atom stereocenters. The van der Waals surface area contributed by atoms with Gasteiger partial charge in [-0.1, -0.05) is 0 Å². The molecule has 0 heterocycles. The highest BCUT2D eigenvalue weighted by atomic mass is 16.5. The fourth-order valence-electron chi connectivity index (χ4n) is 1.63. The predicted octanol–water partition coefficient (Wildman–Crippen LogP) is 1.53. The molecular formula is C12H14O5. The van der Waals surface area contributed by atoms with Crippen LogP contribution in [0.3, 0.4) is 0 Å². The number of ether oxygens (including phenoxy) is 2. The van der Waals surface area contributed by atoms with Crippen molar-refractivity contribution < 1.29 is 24.2 Å². The number of Topliss-reactive ketones (excluding diaryl/α,β-unsaturated/α-hetero) is 1. The molecule has 0 radical (unpaired) electrons. The van der Waals surface area contributed by atoms with Crippen LogP contribution in [0, 0.1) is 0 Å². The van der Waals surface area contributed by atoms with E-state index in [0.717, 1.165) is 0 Å². The first-order valence-corrected chi connectivity index (χ1v) is 4.97. The van der Waals surface area contributed by atoms with Gasteiger partial charge in [-0.2, -0.15) is 0 Å². The molecule has 0 saturated carbocycles. The zero-order chi connectivity index (χ0) is 13.0. The van der Waals surface area contributed by atoms with Crippen molar-refractivity contribution in [1.29, 1.82) is 0 Å². The summed E-state index contributed by atoms with van der Waals surface area (Å²) < 4.78 is 10.1. The molecule has 0 saturated heterocycles. The molecule has 1 aromatic carbocycles. The molecule has 17 heavy (non-hydrogen) atoms. The van der Waals surface area contributed by atoms with E-state index in [4.69, 9.17) is 14.6 Å². The van der Waals surface area contributed by atoms with Gasteiger partial charge < -0.3 is 14.6 Å². The molecule has 0 atom stereocenters. The first kappa shape index (κ1) is 13.0. The lowest BCUT2D eigenvalue weighted by molar-refractivity contribution is -0.136. The van der Waals surface area contributed by atoms with E-state index in [1.54, 1.807) is 6.07 Å². The van der Waals surface area contributed by atoms with E-state index in [1.807, 2.05) is 0 Å². The highest BCUT2D eigenvalue weighted by Crippen LogP contribution is 2.29. The van der Waals surface area contributed by atoms with E-state index in [9.17, 15) is 9.59 Å². The summed E-state index contributed by atoms with van der Waals surface area (Å²) >= 11 is 0. The number of methoxy groups -OCH3 is 2. The molecule has 5 nitrogen and oxygen atoms in total. The third-order valence-electron chi connectivity index (χ3n) is 2.31. The van der Waals surface area contributed by atoms with Gasteiger partial charge in [0.2, 0.25) is 0 Å². The molecule has 0 bridgehead atoms. The van der Waals surface area contributed by atoms with Crippen molar-refractivity contribution in [2.24, 2.45) is 0 Å². The molecule has 1 N–H and O–H groups in total. The van der Waals surface area contributed by atoms with Crippen LogP contribution in [0.1, 0.15) is 22.8 Å². The van der Waals surface area contributed by atoms with E-state index in [0.29, 0.717) is 17.1 Å². The molecule has 1 rings (SSSR count). The first-order valence-electron chi connectivity index (χ1n) is 4.97. The Kier molecular flexibility index (Phi) is 4.09. The summed E-state index contributed by atoms with van der Waals surface area (Å²) in [6.07, 6.45) is -0.248. The van der Waals surface area contributed by atoms with Crippen LogP contribution in [-0.4, -0.2) is 31.1 Å².